The summed E-state index contributed by atoms with van der Waals surface area (Å²) in [5.41, 5.74) is 2.60. The van der Waals surface area contributed by atoms with Crippen molar-refractivity contribution in [2.45, 2.75) is 19.3 Å². The summed E-state index contributed by atoms with van der Waals surface area (Å²) in [6.07, 6.45) is 5.35. The summed E-state index contributed by atoms with van der Waals surface area (Å²) < 4.78 is 0. The fourth-order valence-electron chi connectivity index (χ4n) is 1.27. The second kappa shape index (κ2) is 1.79. The van der Waals surface area contributed by atoms with Crippen LogP contribution in [0.25, 0.3) is 0 Å². The predicted molar refractivity (Wildman–Crippen MR) is 34.1 cm³/mol. The van der Waals surface area contributed by atoms with E-state index < -0.39 is 0 Å². The Kier molecular flexibility index (Phi) is 0.979. The average molecular weight is 120 g/mol. The van der Waals surface area contributed by atoms with Crippen molar-refractivity contribution in [1.29, 1.82) is 0 Å². The molecule has 0 amide bonds. The third kappa shape index (κ3) is 0.707. The largest absolute Gasteiger partial charge is 0.159 e. The standard InChI is InChI=1S/C7H8N2/c1-2-6-4-5-8-9-7(6)3-1/h4-5H,1-3H2. The minimum absolute atomic E-state index is 1.13. The van der Waals surface area contributed by atoms with Gasteiger partial charge in [-0.2, -0.15) is 10.2 Å². The van der Waals surface area contributed by atoms with Crippen molar-refractivity contribution in [3.8, 4) is 0 Å². The second-order valence-corrected chi connectivity index (χ2v) is 2.36. The fraction of sp³-hybridized carbons (Fsp3) is 0.429. The van der Waals surface area contributed by atoms with E-state index in [0.29, 0.717) is 0 Å². The second-order valence-electron chi connectivity index (χ2n) is 2.36. The number of hydrogen-bond donors (Lipinski definition) is 0. The first kappa shape index (κ1) is 4.91. The molecule has 1 aliphatic carbocycles. The van der Waals surface area contributed by atoms with Crippen LogP contribution in [0, 0.1) is 0 Å². The maximum absolute atomic E-state index is 4.01. The van der Waals surface area contributed by atoms with Crippen molar-refractivity contribution < 1.29 is 0 Å². The molecular weight excluding hydrogens is 112 g/mol. The Morgan fingerprint density at radius 1 is 1.33 bits per heavy atom. The van der Waals surface area contributed by atoms with Crippen LogP contribution in [0.15, 0.2) is 12.3 Å². The smallest absolute Gasteiger partial charge is 0.0663 e. The minimum atomic E-state index is 1.13. The summed E-state index contributed by atoms with van der Waals surface area (Å²) in [5, 5.41) is 7.82. The van der Waals surface area contributed by atoms with Gasteiger partial charge in [-0.05, 0) is 30.9 Å². The van der Waals surface area contributed by atoms with Crippen molar-refractivity contribution in [1.82, 2.24) is 10.2 Å². The van der Waals surface area contributed by atoms with Crippen LogP contribution in [0.1, 0.15) is 17.7 Å². The van der Waals surface area contributed by atoms with E-state index in [1.54, 1.807) is 6.20 Å². The SMILES string of the molecule is c1cc2c(nn1)CCC2. The molecule has 0 radical (unpaired) electrons. The molecule has 0 N–H and O–H groups in total. The van der Waals surface area contributed by atoms with Crippen LogP contribution in [-0.2, 0) is 12.8 Å². The summed E-state index contributed by atoms with van der Waals surface area (Å²) in [4.78, 5) is 0. The lowest BCUT2D eigenvalue weighted by atomic mass is 10.2. The summed E-state index contributed by atoms with van der Waals surface area (Å²) in [6.45, 7) is 0. The molecule has 0 aliphatic heterocycles. The van der Waals surface area contributed by atoms with Gasteiger partial charge in [0, 0.05) is 6.20 Å². The Bertz CT molecular complexity index is 197. The molecule has 9 heavy (non-hydrogen) atoms. The van der Waals surface area contributed by atoms with Crippen molar-refractivity contribution >= 4 is 0 Å². The summed E-state index contributed by atoms with van der Waals surface area (Å²) in [6, 6.07) is 2.06. The van der Waals surface area contributed by atoms with E-state index in [-0.39, 0.29) is 0 Å². The van der Waals surface area contributed by atoms with Crippen molar-refractivity contribution in [2.24, 2.45) is 0 Å². The zero-order valence-corrected chi connectivity index (χ0v) is 5.17. The fourth-order valence-corrected chi connectivity index (χ4v) is 1.27. The number of rotatable bonds is 0. The highest BCUT2D eigenvalue weighted by molar-refractivity contribution is 5.21. The molecule has 1 heterocycles. The van der Waals surface area contributed by atoms with Crippen LogP contribution in [0.4, 0.5) is 0 Å². The van der Waals surface area contributed by atoms with Crippen LogP contribution in [-0.4, -0.2) is 10.2 Å². The quantitative estimate of drug-likeness (QED) is 0.509. The van der Waals surface area contributed by atoms with Gasteiger partial charge in [0.2, 0.25) is 0 Å². The van der Waals surface area contributed by atoms with Gasteiger partial charge in [-0.1, -0.05) is 0 Å². The maximum Gasteiger partial charge on any atom is 0.0663 e. The molecule has 2 heteroatoms. The van der Waals surface area contributed by atoms with Gasteiger partial charge in [0.25, 0.3) is 0 Å². The Hall–Kier alpha value is -0.920. The molecule has 0 saturated carbocycles. The van der Waals surface area contributed by atoms with E-state index in [1.807, 2.05) is 0 Å². The van der Waals surface area contributed by atoms with Gasteiger partial charge in [-0.3, -0.25) is 0 Å². The van der Waals surface area contributed by atoms with Gasteiger partial charge in [0.05, 0.1) is 5.69 Å². The molecule has 2 nitrogen and oxygen atoms in total. The van der Waals surface area contributed by atoms with E-state index in [4.69, 9.17) is 0 Å². The highest BCUT2D eigenvalue weighted by Crippen LogP contribution is 2.16. The summed E-state index contributed by atoms with van der Waals surface area (Å²) in [7, 11) is 0. The van der Waals surface area contributed by atoms with Gasteiger partial charge >= 0.3 is 0 Å². The van der Waals surface area contributed by atoms with E-state index >= 15 is 0 Å². The average Bonchev–Trinajstić information content (AvgIpc) is 2.33. The lowest BCUT2D eigenvalue weighted by molar-refractivity contribution is 0.878. The molecular formula is C7H8N2. The normalized spacial score (nSPS) is 15.6. The molecule has 2 rings (SSSR count). The van der Waals surface area contributed by atoms with Crippen molar-refractivity contribution in [3.05, 3.63) is 23.5 Å². The van der Waals surface area contributed by atoms with Gasteiger partial charge in [-0.15, -0.1) is 0 Å². The first-order valence-corrected chi connectivity index (χ1v) is 3.26. The molecule has 46 valence electrons. The van der Waals surface area contributed by atoms with Crippen LogP contribution in [0.2, 0.25) is 0 Å². The number of aromatic nitrogens is 2. The van der Waals surface area contributed by atoms with Gasteiger partial charge in [0.1, 0.15) is 0 Å². The Labute approximate surface area is 53.9 Å². The van der Waals surface area contributed by atoms with Crippen LogP contribution < -0.4 is 0 Å². The van der Waals surface area contributed by atoms with Gasteiger partial charge in [-0.25, -0.2) is 0 Å². The van der Waals surface area contributed by atoms with Crippen LogP contribution in [0.5, 0.6) is 0 Å². The predicted octanol–water partition coefficient (Wildman–Crippen LogP) is 0.965. The lowest BCUT2D eigenvalue weighted by Gasteiger charge is -1.90. The molecule has 0 aromatic carbocycles. The number of aryl methyl sites for hydroxylation is 2. The molecule has 0 saturated heterocycles. The van der Waals surface area contributed by atoms with Crippen molar-refractivity contribution in [2.75, 3.05) is 0 Å². The van der Waals surface area contributed by atoms with E-state index in [2.05, 4.69) is 16.3 Å². The molecule has 0 fully saturated rings. The molecule has 0 bridgehead atoms. The number of nitrogens with zero attached hydrogens (tertiary/aromatic N) is 2. The van der Waals surface area contributed by atoms with E-state index in [0.717, 1.165) is 6.42 Å². The maximum atomic E-state index is 4.01. The topological polar surface area (TPSA) is 25.8 Å². The molecule has 1 aromatic rings. The summed E-state index contributed by atoms with van der Waals surface area (Å²) in [5.74, 6) is 0. The first-order chi connectivity index (χ1) is 4.47. The molecule has 1 aromatic heterocycles. The zero-order chi connectivity index (χ0) is 6.10. The van der Waals surface area contributed by atoms with Gasteiger partial charge in [0.15, 0.2) is 0 Å². The zero-order valence-electron chi connectivity index (χ0n) is 5.17. The molecule has 1 aliphatic rings. The third-order valence-corrected chi connectivity index (χ3v) is 1.75. The Morgan fingerprint density at radius 3 is 3.22 bits per heavy atom. The van der Waals surface area contributed by atoms with Crippen LogP contribution >= 0.6 is 0 Å². The number of hydrogen-bond acceptors (Lipinski definition) is 2. The number of fused-ring (bicyclic) bond motifs is 1. The molecule has 0 unspecified atom stereocenters. The summed E-state index contributed by atoms with van der Waals surface area (Å²) >= 11 is 0. The Balaban J connectivity index is 2.54. The van der Waals surface area contributed by atoms with E-state index in [9.17, 15) is 0 Å². The third-order valence-electron chi connectivity index (χ3n) is 1.75. The van der Waals surface area contributed by atoms with Crippen LogP contribution in [0.3, 0.4) is 0 Å². The lowest BCUT2D eigenvalue weighted by Crippen LogP contribution is -1.88. The first-order valence-electron chi connectivity index (χ1n) is 3.26. The van der Waals surface area contributed by atoms with Gasteiger partial charge < -0.3 is 0 Å². The molecule has 0 atom stereocenters. The highest BCUT2D eigenvalue weighted by Gasteiger charge is 2.09. The Morgan fingerprint density at radius 2 is 2.33 bits per heavy atom. The van der Waals surface area contributed by atoms with Crippen molar-refractivity contribution in [3.63, 3.8) is 0 Å². The highest BCUT2D eigenvalue weighted by atomic mass is 15.1. The molecule has 0 spiro atoms. The van der Waals surface area contributed by atoms with E-state index in [1.165, 1.54) is 24.1 Å². The minimum Gasteiger partial charge on any atom is -0.159 e. The monoisotopic (exact) mass is 120 g/mol.